The van der Waals surface area contributed by atoms with Crippen molar-refractivity contribution < 1.29 is 14.8 Å². The van der Waals surface area contributed by atoms with Crippen molar-refractivity contribution in [3.63, 3.8) is 0 Å². The van der Waals surface area contributed by atoms with Crippen LogP contribution in [0.25, 0.3) is 0 Å². The van der Waals surface area contributed by atoms with Gasteiger partial charge in [0.05, 0.1) is 11.0 Å². The molecule has 1 atom stereocenters. The lowest BCUT2D eigenvalue weighted by Crippen LogP contribution is -2.23. The van der Waals surface area contributed by atoms with Gasteiger partial charge in [0.2, 0.25) is 0 Å². The van der Waals surface area contributed by atoms with E-state index in [0.717, 1.165) is 0 Å². The third kappa shape index (κ3) is 3.43. The monoisotopic (exact) mass is 253 g/mol. The average Bonchev–Trinajstić information content (AvgIpc) is 2.28. The molecule has 1 unspecified atom stereocenters. The number of nitro groups is 1. The number of aliphatic hydroxyl groups excluding tert-OH is 1. The van der Waals surface area contributed by atoms with Crippen molar-refractivity contribution in [1.82, 2.24) is 0 Å². The number of benzene rings is 1. The van der Waals surface area contributed by atoms with Gasteiger partial charge in [0.15, 0.2) is 0 Å². The van der Waals surface area contributed by atoms with E-state index >= 15 is 0 Å². The predicted molar refractivity (Wildman–Crippen MR) is 68.9 cm³/mol. The number of nitro benzene ring substituents is 1. The van der Waals surface area contributed by atoms with E-state index in [1.54, 1.807) is 19.9 Å². The second-order valence-electron chi connectivity index (χ2n) is 4.78. The number of aliphatic hydroxyl groups is 1. The van der Waals surface area contributed by atoms with Crippen molar-refractivity contribution in [2.24, 2.45) is 5.92 Å². The highest BCUT2D eigenvalue weighted by Crippen LogP contribution is 2.27. The molecule has 0 amide bonds. The Labute approximate surface area is 107 Å². The van der Waals surface area contributed by atoms with Gasteiger partial charge in [-0.05, 0) is 31.4 Å². The fraction of sp³-hybridized carbons (Fsp3) is 0.538. The second-order valence-corrected chi connectivity index (χ2v) is 4.78. The molecule has 18 heavy (non-hydrogen) atoms. The van der Waals surface area contributed by atoms with Crippen molar-refractivity contribution in [2.45, 2.75) is 33.8 Å². The first kappa shape index (κ1) is 14.4. The van der Waals surface area contributed by atoms with E-state index in [0.29, 0.717) is 16.9 Å². The first-order valence-electron chi connectivity index (χ1n) is 5.89. The minimum Gasteiger partial charge on any atom is -0.491 e. The highest BCUT2D eigenvalue weighted by Gasteiger charge is 2.15. The number of aryl methyl sites for hydroxylation is 2. The van der Waals surface area contributed by atoms with Crippen molar-refractivity contribution >= 4 is 5.69 Å². The largest absolute Gasteiger partial charge is 0.491 e. The molecule has 5 nitrogen and oxygen atoms in total. The van der Waals surface area contributed by atoms with Gasteiger partial charge in [-0.3, -0.25) is 10.1 Å². The maximum atomic E-state index is 10.8. The minimum atomic E-state index is -0.542. The molecule has 0 aliphatic carbocycles. The molecular formula is C13H19NO4. The molecule has 0 aliphatic heterocycles. The van der Waals surface area contributed by atoms with E-state index in [4.69, 9.17) is 4.74 Å². The Bertz CT molecular complexity index is 443. The third-order valence-electron chi connectivity index (χ3n) is 2.87. The van der Waals surface area contributed by atoms with Crippen LogP contribution in [0.4, 0.5) is 5.69 Å². The summed E-state index contributed by atoms with van der Waals surface area (Å²) in [5, 5.41) is 20.4. The predicted octanol–water partition coefficient (Wildman–Crippen LogP) is 2.61. The van der Waals surface area contributed by atoms with Gasteiger partial charge in [-0.2, -0.15) is 0 Å². The Morgan fingerprint density at radius 1 is 1.33 bits per heavy atom. The van der Waals surface area contributed by atoms with E-state index in [1.807, 2.05) is 13.8 Å². The van der Waals surface area contributed by atoms with Crippen LogP contribution in [0.3, 0.4) is 0 Å². The molecule has 1 aromatic rings. The van der Waals surface area contributed by atoms with E-state index in [-0.39, 0.29) is 18.2 Å². The Morgan fingerprint density at radius 3 is 2.44 bits per heavy atom. The number of ether oxygens (including phenoxy) is 1. The van der Waals surface area contributed by atoms with Crippen molar-refractivity contribution in [3.8, 4) is 5.75 Å². The summed E-state index contributed by atoms with van der Waals surface area (Å²) in [6.07, 6.45) is -0.542. The Hall–Kier alpha value is -1.62. The number of rotatable bonds is 5. The van der Waals surface area contributed by atoms with Gasteiger partial charge in [0, 0.05) is 11.6 Å². The molecule has 0 spiro atoms. The van der Waals surface area contributed by atoms with Crippen LogP contribution < -0.4 is 4.74 Å². The topological polar surface area (TPSA) is 72.6 Å². The smallest absolute Gasteiger partial charge is 0.272 e. The summed E-state index contributed by atoms with van der Waals surface area (Å²) in [4.78, 5) is 10.4. The van der Waals surface area contributed by atoms with Crippen LogP contribution in [-0.4, -0.2) is 22.7 Å². The molecule has 5 heteroatoms. The lowest BCUT2D eigenvalue weighted by atomic mass is 10.1. The number of nitrogens with zero attached hydrogens (tertiary/aromatic N) is 1. The van der Waals surface area contributed by atoms with Crippen LogP contribution in [0, 0.1) is 29.9 Å². The molecule has 1 aromatic carbocycles. The van der Waals surface area contributed by atoms with Crippen LogP contribution in [0.5, 0.6) is 5.75 Å². The molecule has 0 aromatic heterocycles. The summed E-state index contributed by atoms with van der Waals surface area (Å²) >= 11 is 0. The van der Waals surface area contributed by atoms with Gasteiger partial charge >= 0.3 is 0 Å². The van der Waals surface area contributed by atoms with Crippen LogP contribution in [0.2, 0.25) is 0 Å². The van der Waals surface area contributed by atoms with Gasteiger partial charge < -0.3 is 9.84 Å². The average molecular weight is 253 g/mol. The van der Waals surface area contributed by atoms with Crippen LogP contribution in [0.15, 0.2) is 12.1 Å². The molecule has 0 bridgehead atoms. The first-order chi connectivity index (χ1) is 8.32. The Morgan fingerprint density at radius 2 is 1.94 bits per heavy atom. The number of hydrogen-bond donors (Lipinski definition) is 1. The van der Waals surface area contributed by atoms with E-state index in [2.05, 4.69) is 0 Å². The van der Waals surface area contributed by atoms with Gasteiger partial charge in [-0.15, -0.1) is 0 Å². The zero-order valence-corrected chi connectivity index (χ0v) is 11.1. The van der Waals surface area contributed by atoms with E-state index in [1.165, 1.54) is 6.07 Å². The van der Waals surface area contributed by atoms with Crippen molar-refractivity contribution in [3.05, 3.63) is 33.4 Å². The van der Waals surface area contributed by atoms with Gasteiger partial charge in [0.25, 0.3) is 5.69 Å². The van der Waals surface area contributed by atoms with E-state index in [9.17, 15) is 15.2 Å². The molecular weight excluding hydrogens is 234 g/mol. The molecule has 1 N–H and O–H groups in total. The van der Waals surface area contributed by atoms with Gasteiger partial charge in [-0.25, -0.2) is 0 Å². The molecule has 1 rings (SSSR count). The molecule has 0 aliphatic rings. The summed E-state index contributed by atoms with van der Waals surface area (Å²) in [7, 11) is 0. The summed E-state index contributed by atoms with van der Waals surface area (Å²) < 4.78 is 5.50. The number of hydrogen-bond acceptors (Lipinski definition) is 4. The molecule has 0 radical (unpaired) electrons. The zero-order chi connectivity index (χ0) is 13.9. The fourth-order valence-corrected chi connectivity index (χ4v) is 1.49. The first-order valence-corrected chi connectivity index (χ1v) is 5.89. The highest BCUT2D eigenvalue weighted by atomic mass is 16.6. The molecule has 0 saturated carbocycles. The quantitative estimate of drug-likeness (QED) is 0.646. The third-order valence-corrected chi connectivity index (χ3v) is 2.87. The summed E-state index contributed by atoms with van der Waals surface area (Å²) in [6.45, 7) is 7.42. The van der Waals surface area contributed by atoms with Crippen LogP contribution in [0.1, 0.15) is 25.0 Å². The lowest BCUT2D eigenvalue weighted by Gasteiger charge is -2.16. The molecule has 100 valence electrons. The van der Waals surface area contributed by atoms with Crippen LogP contribution in [-0.2, 0) is 0 Å². The molecule has 0 fully saturated rings. The van der Waals surface area contributed by atoms with Crippen molar-refractivity contribution in [2.75, 3.05) is 6.61 Å². The summed E-state index contributed by atoms with van der Waals surface area (Å²) in [5.74, 6) is 0.697. The normalized spacial score (nSPS) is 12.6. The summed E-state index contributed by atoms with van der Waals surface area (Å²) in [6, 6.07) is 3.13. The SMILES string of the molecule is Cc1cc([N+](=O)[O-])c(C)cc1OCC(O)C(C)C. The standard InChI is InChI=1S/C13H19NO4/c1-8(2)12(15)7-18-13-6-9(3)11(14(16)17)5-10(13)4/h5-6,8,12,15H,7H2,1-4H3. The molecule has 0 saturated heterocycles. The fourth-order valence-electron chi connectivity index (χ4n) is 1.49. The lowest BCUT2D eigenvalue weighted by molar-refractivity contribution is -0.385. The second kappa shape index (κ2) is 5.82. The van der Waals surface area contributed by atoms with Crippen molar-refractivity contribution in [1.29, 1.82) is 0 Å². The maximum absolute atomic E-state index is 10.8. The van der Waals surface area contributed by atoms with Gasteiger partial charge in [0.1, 0.15) is 12.4 Å². The maximum Gasteiger partial charge on any atom is 0.272 e. The van der Waals surface area contributed by atoms with Gasteiger partial charge in [-0.1, -0.05) is 13.8 Å². The minimum absolute atomic E-state index is 0.0873. The Balaban J connectivity index is 2.85. The van der Waals surface area contributed by atoms with Crippen LogP contribution >= 0.6 is 0 Å². The zero-order valence-electron chi connectivity index (χ0n) is 11.1. The van der Waals surface area contributed by atoms with E-state index < -0.39 is 11.0 Å². The Kier molecular flexibility index (Phi) is 4.67. The highest BCUT2D eigenvalue weighted by molar-refractivity contribution is 5.49. The molecule has 0 heterocycles. The summed E-state index contributed by atoms with van der Waals surface area (Å²) in [5.41, 5.74) is 1.34.